The Labute approximate surface area is 120 Å². The van der Waals surface area contributed by atoms with Crippen molar-refractivity contribution in [2.75, 3.05) is 0 Å². The van der Waals surface area contributed by atoms with Gasteiger partial charge in [0.25, 0.3) is 5.69 Å². The van der Waals surface area contributed by atoms with Crippen LogP contribution in [0.15, 0.2) is 43.0 Å². The number of aryl methyl sites for hydroxylation is 1. The van der Waals surface area contributed by atoms with Gasteiger partial charge in [0.05, 0.1) is 12.0 Å². The number of ketones is 1. The summed E-state index contributed by atoms with van der Waals surface area (Å²) < 4.78 is 3.54. The number of nitro groups is 1. The number of imidazole rings is 1. The number of hydrogen-bond acceptors (Lipinski definition) is 3. The smallest absolute Gasteiger partial charge is 0.270 e. The van der Waals surface area contributed by atoms with Crippen LogP contribution in [0.25, 0.3) is 0 Å². The van der Waals surface area contributed by atoms with Crippen molar-refractivity contribution in [3.63, 3.8) is 0 Å². The Balaban J connectivity index is 0.00000180. The third-order valence-corrected chi connectivity index (χ3v) is 2.53. The molecule has 100 valence electrons. The molecule has 1 aromatic carbocycles. The molecule has 0 fully saturated rings. The van der Waals surface area contributed by atoms with E-state index >= 15 is 0 Å². The summed E-state index contributed by atoms with van der Waals surface area (Å²) in [6.07, 6.45) is 5.37. The van der Waals surface area contributed by atoms with Gasteiger partial charge in [-0.1, -0.05) is 12.1 Å². The van der Waals surface area contributed by atoms with Crippen LogP contribution in [0.2, 0.25) is 0 Å². The van der Waals surface area contributed by atoms with Gasteiger partial charge in [-0.2, -0.15) is 0 Å². The molecule has 2 aromatic rings. The van der Waals surface area contributed by atoms with Gasteiger partial charge in [-0.25, -0.2) is 9.13 Å². The van der Waals surface area contributed by atoms with Crippen LogP contribution in [0.3, 0.4) is 0 Å². The Bertz CT molecular complexity index is 610. The fourth-order valence-electron chi connectivity index (χ4n) is 1.65. The van der Waals surface area contributed by atoms with Crippen LogP contribution in [0, 0.1) is 10.1 Å². The van der Waals surface area contributed by atoms with E-state index in [4.69, 9.17) is 0 Å². The minimum Gasteiger partial charge on any atom is -1.00 e. The first-order valence-electron chi connectivity index (χ1n) is 5.35. The lowest BCUT2D eigenvalue weighted by atomic mass is 10.1. The number of nitrogens with zero attached hydrogens (tertiary/aromatic N) is 3. The number of Topliss-reactive ketones (excluding diaryl/α,β-unsaturated/α-hetero) is 1. The van der Waals surface area contributed by atoms with Crippen molar-refractivity contribution in [3.05, 3.63) is 58.7 Å². The zero-order valence-corrected chi connectivity index (χ0v) is 11.8. The molecule has 0 bridgehead atoms. The number of rotatable bonds is 4. The summed E-state index contributed by atoms with van der Waals surface area (Å²) in [7, 11) is 1.86. The Morgan fingerprint density at radius 3 is 2.79 bits per heavy atom. The molecule has 1 heterocycles. The van der Waals surface area contributed by atoms with E-state index in [0.29, 0.717) is 5.56 Å². The van der Waals surface area contributed by atoms with Crippen LogP contribution in [-0.2, 0) is 13.6 Å². The molecular formula is C12H12BrN3O3. The summed E-state index contributed by atoms with van der Waals surface area (Å²) in [4.78, 5) is 22.1. The zero-order valence-electron chi connectivity index (χ0n) is 10.2. The Morgan fingerprint density at radius 1 is 1.47 bits per heavy atom. The highest BCUT2D eigenvalue weighted by Crippen LogP contribution is 2.13. The summed E-state index contributed by atoms with van der Waals surface area (Å²) in [5.41, 5.74) is 0.277. The number of carbonyl (C=O) groups is 1. The summed E-state index contributed by atoms with van der Waals surface area (Å²) in [5, 5.41) is 10.6. The molecule has 0 N–H and O–H groups in total. The number of halogens is 1. The first-order chi connectivity index (χ1) is 8.56. The molecule has 0 aliphatic carbocycles. The van der Waals surface area contributed by atoms with E-state index in [-0.39, 0.29) is 35.0 Å². The molecule has 19 heavy (non-hydrogen) atoms. The third-order valence-electron chi connectivity index (χ3n) is 2.53. The van der Waals surface area contributed by atoms with Gasteiger partial charge in [0.2, 0.25) is 12.1 Å². The van der Waals surface area contributed by atoms with Crippen molar-refractivity contribution >= 4 is 11.5 Å². The van der Waals surface area contributed by atoms with Gasteiger partial charge in [0.15, 0.2) is 6.54 Å². The number of nitro benzene ring substituents is 1. The van der Waals surface area contributed by atoms with Gasteiger partial charge < -0.3 is 17.0 Å². The van der Waals surface area contributed by atoms with Crippen molar-refractivity contribution in [1.82, 2.24) is 4.57 Å². The van der Waals surface area contributed by atoms with Crippen LogP contribution in [0.4, 0.5) is 5.69 Å². The Kier molecular flexibility index (Phi) is 4.94. The monoisotopic (exact) mass is 325 g/mol. The van der Waals surface area contributed by atoms with Gasteiger partial charge in [-0.05, 0) is 0 Å². The van der Waals surface area contributed by atoms with Gasteiger partial charge >= 0.3 is 0 Å². The lowest BCUT2D eigenvalue weighted by molar-refractivity contribution is -0.671. The van der Waals surface area contributed by atoms with E-state index < -0.39 is 4.92 Å². The predicted molar refractivity (Wildman–Crippen MR) is 63.0 cm³/mol. The predicted octanol–water partition coefficient (Wildman–Crippen LogP) is -1.89. The minimum atomic E-state index is -0.508. The van der Waals surface area contributed by atoms with Crippen LogP contribution in [0.5, 0.6) is 0 Å². The average Bonchev–Trinajstić information content (AvgIpc) is 2.75. The largest absolute Gasteiger partial charge is 1.00 e. The van der Waals surface area contributed by atoms with E-state index in [0.717, 1.165) is 0 Å². The Morgan fingerprint density at radius 2 is 2.21 bits per heavy atom. The molecule has 6 nitrogen and oxygen atoms in total. The van der Waals surface area contributed by atoms with Gasteiger partial charge in [-0.15, -0.1) is 0 Å². The molecule has 0 unspecified atom stereocenters. The molecular weight excluding hydrogens is 314 g/mol. The van der Waals surface area contributed by atoms with Crippen LogP contribution in [0.1, 0.15) is 10.4 Å². The maximum atomic E-state index is 11.9. The second kappa shape index (κ2) is 6.24. The topological polar surface area (TPSA) is 69.0 Å². The minimum absolute atomic E-state index is 0. The number of carbonyl (C=O) groups excluding carboxylic acids is 1. The zero-order chi connectivity index (χ0) is 13.1. The summed E-state index contributed by atoms with van der Waals surface area (Å²) >= 11 is 0. The molecule has 0 saturated carbocycles. The number of aromatic nitrogens is 2. The first kappa shape index (κ1) is 15.0. The number of non-ortho nitro benzene ring substituents is 1. The third kappa shape index (κ3) is 3.72. The van der Waals surface area contributed by atoms with Crippen LogP contribution in [-0.4, -0.2) is 15.3 Å². The molecule has 2 rings (SSSR count). The van der Waals surface area contributed by atoms with Gasteiger partial charge in [0.1, 0.15) is 12.4 Å². The molecule has 0 radical (unpaired) electrons. The second-order valence-corrected chi connectivity index (χ2v) is 3.98. The molecule has 1 aromatic heterocycles. The van der Waals surface area contributed by atoms with Crippen molar-refractivity contribution in [1.29, 1.82) is 0 Å². The lowest BCUT2D eigenvalue weighted by Crippen LogP contribution is -3.00. The SMILES string of the molecule is C[n+]1ccn(CC(=O)c2cccc([N+](=O)[O-])c2)c1.[Br-]. The normalized spacial score (nSPS) is 9.74. The number of hydrogen-bond donors (Lipinski definition) is 0. The van der Waals surface area contributed by atoms with E-state index in [9.17, 15) is 14.9 Å². The average molecular weight is 326 g/mol. The summed E-state index contributed by atoms with van der Waals surface area (Å²) in [5.74, 6) is -0.157. The highest BCUT2D eigenvalue weighted by molar-refractivity contribution is 5.96. The van der Waals surface area contributed by atoms with Gasteiger partial charge in [0, 0.05) is 17.7 Å². The van der Waals surface area contributed by atoms with E-state index in [1.807, 2.05) is 17.8 Å². The molecule has 0 spiro atoms. The Hall–Kier alpha value is -2.02. The highest BCUT2D eigenvalue weighted by atomic mass is 79.9. The molecule has 0 saturated heterocycles. The maximum Gasteiger partial charge on any atom is 0.270 e. The summed E-state index contributed by atoms with van der Waals surface area (Å²) in [6, 6.07) is 5.76. The molecule has 7 heteroatoms. The maximum absolute atomic E-state index is 11.9. The lowest BCUT2D eigenvalue weighted by Gasteiger charge is -1.98. The van der Waals surface area contributed by atoms with Crippen molar-refractivity contribution in [2.24, 2.45) is 7.05 Å². The van der Waals surface area contributed by atoms with Crippen molar-refractivity contribution in [3.8, 4) is 0 Å². The van der Waals surface area contributed by atoms with Crippen LogP contribution < -0.4 is 21.5 Å². The van der Waals surface area contributed by atoms with Crippen molar-refractivity contribution in [2.45, 2.75) is 6.54 Å². The molecule has 0 aliphatic rings. The van der Waals surface area contributed by atoms with Crippen LogP contribution >= 0.6 is 0 Å². The molecule has 0 atom stereocenters. The molecule has 0 amide bonds. The van der Waals surface area contributed by atoms with E-state index in [2.05, 4.69) is 0 Å². The standard InChI is InChI=1S/C12H12N3O3.BrH/c1-13-5-6-14(9-13)8-12(16)10-3-2-4-11(7-10)15(17)18;/h2-7,9H,8H2,1H3;1H/q+1;/p-1. The first-order valence-corrected chi connectivity index (χ1v) is 5.35. The fraction of sp³-hybridized carbons (Fsp3) is 0.167. The highest BCUT2D eigenvalue weighted by Gasteiger charge is 2.14. The second-order valence-electron chi connectivity index (χ2n) is 3.98. The van der Waals surface area contributed by atoms with E-state index in [1.54, 1.807) is 23.2 Å². The molecule has 0 aliphatic heterocycles. The van der Waals surface area contributed by atoms with Gasteiger partial charge in [-0.3, -0.25) is 14.9 Å². The van der Waals surface area contributed by atoms with Crippen molar-refractivity contribution < 1.29 is 31.3 Å². The van der Waals surface area contributed by atoms with E-state index in [1.165, 1.54) is 18.2 Å². The number of benzene rings is 1. The fourth-order valence-corrected chi connectivity index (χ4v) is 1.65. The summed E-state index contributed by atoms with van der Waals surface area (Å²) in [6.45, 7) is 0.169. The quantitative estimate of drug-likeness (QED) is 0.285.